The molecule has 3 N–H and O–H groups in total. The molecule has 0 unspecified atom stereocenters. The summed E-state index contributed by atoms with van der Waals surface area (Å²) < 4.78 is 0. The zero-order valence-corrected chi connectivity index (χ0v) is 11.6. The number of carbonyl (C=O) groups is 1. The van der Waals surface area contributed by atoms with Crippen LogP contribution in [0.1, 0.15) is 16.2 Å². The highest BCUT2D eigenvalue weighted by Gasteiger charge is 2.16. The number of fused-ring (bicyclic) bond motifs is 1. The second kappa shape index (κ2) is 5.10. The van der Waals surface area contributed by atoms with Gasteiger partial charge in [-0.25, -0.2) is 4.98 Å². The fourth-order valence-corrected chi connectivity index (χ4v) is 2.27. The van der Waals surface area contributed by atoms with Gasteiger partial charge < -0.3 is 15.2 Å². The van der Waals surface area contributed by atoms with Crippen molar-refractivity contribution in [2.24, 2.45) is 0 Å². The molecule has 0 spiro atoms. The number of Topliss-reactive ketones (excluding diaryl/α,β-unsaturated/α-hetero) is 1. The van der Waals surface area contributed by atoms with Crippen LogP contribution in [0, 0.1) is 0 Å². The van der Waals surface area contributed by atoms with E-state index in [1.807, 2.05) is 24.3 Å². The summed E-state index contributed by atoms with van der Waals surface area (Å²) in [6.07, 6.45) is 0.00332. The summed E-state index contributed by atoms with van der Waals surface area (Å²) in [4.78, 5) is 19.6. The Morgan fingerprint density at radius 3 is 2.71 bits per heavy atom. The first-order chi connectivity index (χ1) is 10.0. The van der Waals surface area contributed by atoms with Gasteiger partial charge in [0.1, 0.15) is 17.3 Å². The fraction of sp³-hybridized carbons (Fsp3) is 0.0667. The van der Waals surface area contributed by atoms with Crippen molar-refractivity contribution in [3.05, 3.63) is 52.8 Å². The number of nitrogens with zero attached hydrogens (tertiary/aromatic N) is 1. The van der Waals surface area contributed by atoms with Gasteiger partial charge >= 0.3 is 0 Å². The average molecular weight is 303 g/mol. The van der Waals surface area contributed by atoms with Gasteiger partial charge in [0.2, 0.25) is 0 Å². The van der Waals surface area contributed by atoms with Gasteiger partial charge in [-0.15, -0.1) is 0 Å². The minimum Gasteiger partial charge on any atom is -0.507 e. The van der Waals surface area contributed by atoms with Crippen molar-refractivity contribution in [2.45, 2.75) is 6.42 Å². The number of aromatic nitrogens is 2. The molecule has 5 nitrogen and oxygen atoms in total. The molecule has 0 saturated heterocycles. The predicted octanol–water partition coefficient (Wildman–Crippen LogP) is 3.05. The van der Waals surface area contributed by atoms with Crippen molar-refractivity contribution >= 4 is 28.4 Å². The fourth-order valence-electron chi connectivity index (χ4n) is 2.11. The van der Waals surface area contributed by atoms with E-state index >= 15 is 0 Å². The molecule has 0 amide bonds. The molecule has 0 atom stereocenters. The highest BCUT2D eigenvalue weighted by atomic mass is 35.5. The number of nitrogens with one attached hydrogen (secondary N) is 1. The molecule has 1 heterocycles. The van der Waals surface area contributed by atoms with Gasteiger partial charge in [-0.3, -0.25) is 4.79 Å². The van der Waals surface area contributed by atoms with Crippen LogP contribution in [0.5, 0.6) is 11.5 Å². The molecule has 0 aliphatic heterocycles. The Morgan fingerprint density at radius 1 is 1.19 bits per heavy atom. The van der Waals surface area contributed by atoms with Gasteiger partial charge in [0.05, 0.1) is 28.0 Å². The minimum atomic E-state index is -0.339. The molecule has 1 aromatic heterocycles. The third-order valence-corrected chi connectivity index (χ3v) is 3.43. The van der Waals surface area contributed by atoms with Gasteiger partial charge in [-0.05, 0) is 18.2 Å². The zero-order valence-electron chi connectivity index (χ0n) is 10.8. The standard InChI is InChI=1S/C15H11ClN2O3/c16-9-5-8(12(19)6-14(9)21)13(20)7-15-17-10-3-1-2-4-11(10)18-15/h1-6,19,21H,7H2,(H,17,18). The number of aromatic hydroxyl groups is 2. The van der Waals surface area contributed by atoms with E-state index in [0.717, 1.165) is 17.1 Å². The van der Waals surface area contributed by atoms with Crippen molar-refractivity contribution in [3.8, 4) is 11.5 Å². The van der Waals surface area contributed by atoms with Crippen molar-refractivity contribution in [2.75, 3.05) is 0 Å². The predicted molar refractivity (Wildman–Crippen MR) is 78.9 cm³/mol. The maximum absolute atomic E-state index is 12.2. The molecule has 3 aromatic rings. The third kappa shape index (κ3) is 2.55. The number of para-hydroxylation sites is 2. The largest absolute Gasteiger partial charge is 0.507 e. The maximum atomic E-state index is 12.2. The SMILES string of the molecule is O=C(Cc1nc2ccccc2[nH]1)c1cc(Cl)c(O)cc1O. The van der Waals surface area contributed by atoms with Crippen LogP contribution < -0.4 is 0 Å². The third-order valence-electron chi connectivity index (χ3n) is 3.13. The Morgan fingerprint density at radius 2 is 1.95 bits per heavy atom. The minimum absolute atomic E-state index is 0.00332. The molecular formula is C15H11ClN2O3. The van der Waals surface area contributed by atoms with E-state index in [1.165, 1.54) is 6.07 Å². The zero-order chi connectivity index (χ0) is 15.0. The quantitative estimate of drug-likeness (QED) is 0.649. The number of benzene rings is 2. The molecule has 0 aliphatic carbocycles. The van der Waals surface area contributed by atoms with Gasteiger partial charge in [0, 0.05) is 6.07 Å². The van der Waals surface area contributed by atoms with Crippen molar-refractivity contribution in [3.63, 3.8) is 0 Å². The van der Waals surface area contributed by atoms with Crippen LogP contribution in [-0.2, 0) is 6.42 Å². The van der Waals surface area contributed by atoms with E-state index < -0.39 is 0 Å². The molecule has 0 saturated carbocycles. The normalized spacial score (nSPS) is 10.9. The molecule has 0 aliphatic rings. The summed E-state index contributed by atoms with van der Waals surface area (Å²) in [6.45, 7) is 0. The number of aromatic amines is 1. The summed E-state index contributed by atoms with van der Waals surface area (Å²) in [5.74, 6) is -0.411. The number of ketones is 1. The van der Waals surface area contributed by atoms with Crippen LogP contribution in [0.25, 0.3) is 11.0 Å². The lowest BCUT2D eigenvalue weighted by atomic mass is 10.1. The summed E-state index contributed by atoms with van der Waals surface area (Å²) in [5.41, 5.74) is 1.67. The Kier molecular flexibility index (Phi) is 3.27. The molecule has 6 heteroatoms. The highest BCUT2D eigenvalue weighted by molar-refractivity contribution is 6.32. The van der Waals surface area contributed by atoms with Crippen molar-refractivity contribution < 1.29 is 15.0 Å². The number of carbonyl (C=O) groups excluding carboxylic acids is 1. The monoisotopic (exact) mass is 302 g/mol. The molecule has 106 valence electrons. The van der Waals surface area contributed by atoms with E-state index in [1.54, 1.807) is 0 Å². The first-order valence-electron chi connectivity index (χ1n) is 6.23. The van der Waals surface area contributed by atoms with Crippen molar-refractivity contribution in [1.82, 2.24) is 9.97 Å². The molecule has 0 fully saturated rings. The van der Waals surface area contributed by atoms with Crippen LogP contribution >= 0.6 is 11.6 Å². The number of hydrogen-bond acceptors (Lipinski definition) is 4. The van der Waals surface area contributed by atoms with Gasteiger partial charge in [0.25, 0.3) is 0 Å². The van der Waals surface area contributed by atoms with Crippen molar-refractivity contribution in [1.29, 1.82) is 0 Å². The Hall–Kier alpha value is -2.53. The first kappa shape index (κ1) is 13.5. The smallest absolute Gasteiger partial charge is 0.174 e. The van der Waals surface area contributed by atoms with E-state index in [9.17, 15) is 15.0 Å². The number of phenolic OH excluding ortho intramolecular Hbond substituents is 2. The maximum Gasteiger partial charge on any atom is 0.174 e. The molecule has 21 heavy (non-hydrogen) atoms. The molecule has 0 radical (unpaired) electrons. The topological polar surface area (TPSA) is 86.2 Å². The molecule has 0 bridgehead atoms. The second-order valence-electron chi connectivity index (χ2n) is 4.62. The van der Waals surface area contributed by atoms with Crippen LogP contribution in [-0.4, -0.2) is 26.0 Å². The van der Waals surface area contributed by atoms with Crippen LogP contribution in [0.15, 0.2) is 36.4 Å². The number of halogens is 1. The Balaban J connectivity index is 1.91. The van der Waals surface area contributed by atoms with E-state index in [-0.39, 0.29) is 34.3 Å². The lowest BCUT2D eigenvalue weighted by Gasteiger charge is -2.05. The Bertz CT molecular complexity index is 809. The number of rotatable bonds is 3. The average Bonchev–Trinajstić information content (AvgIpc) is 2.84. The summed E-state index contributed by atoms with van der Waals surface area (Å²) >= 11 is 5.76. The number of H-pyrrole nitrogens is 1. The Labute approximate surface area is 124 Å². The summed E-state index contributed by atoms with van der Waals surface area (Å²) in [5, 5.41) is 19.1. The van der Waals surface area contributed by atoms with Gasteiger partial charge in [0.15, 0.2) is 5.78 Å². The number of hydrogen-bond donors (Lipinski definition) is 3. The molecular weight excluding hydrogens is 292 g/mol. The van der Waals surface area contributed by atoms with Gasteiger partial charge in [-0.2, -0.15) is 0 Å². The van der Waals surface area contributed by atoms with E-state index in [2.05, 4.69) is 9.97 Å². The first-order valence-corrected chi connectivity index (χ1v) is 6.60. The van der Waals surface area contributed by atoms with E-state index in [0.29, 0.717) is 5.82 Å². The number of imidazole rings is 1. The number of phenols is 2. The highest BCUT2D eigenvalue weighted by Crippen LogP contribution is 2.31. The lowest BCUT2D eigenvalue weighted by molar-refractivity contribution is 0.0988. The van der Waals surface area contributed by atoms with Crippen LogP contribution in [0.3, 0.4) is 0 Å². The van der Waals surface area contributed by atoms with Crippen LogP contribution in [0.4, 0.5) is 0 Å². The second-order valence-corrected chi connectivity index (χ2v) is 5.03. The van der Waals surface area contributed by atoms with Gasteiger partial charge in [-0.1, -0.05) is 23.7 Å². The van der Waals surface area contributed by atoms with E-state index in [4.69, 9.17) is 11.6 Å². The molecule has 2 aromatic carbocycles. The van der Waals surface area contributed by atoms with Crippen LogP contribution in [0.2, 0.25) is 5.02 Å². The molecule has 3 rings (SSSR count). The summed E-state index contributed by atoms with van der Waals surface area (Å²) in [7, 11) is 0. The lowest BCUT2D eigenvalue weighted by Crippen LogP contribution is -2.05. The summed E-state index contributed by atoms with van der Waals surface area (Å²) in [6, 6.07) is 9.74.